The number of aromatic amines is 1. The summed E-state index contributed by atoms with van der Waals surface area (Å²) < 4.78 is 5.18. The number of benzene rings is 1. The van der Waals surface area contributed by atoms with Crippen LogP contribution in [0.5, 0.6) is 0 Å². The van der Waals surface area contributed by atoms with Gasteiger partial charge >= 0.3 is 0 Å². The van der Waals surface area contributed by atoms with Gasteiger partial charge in [-0.15, -0.1) is 0 Å². The molecule has 0 aliphatic carbocycles. The minimum atomic E-state index is -0.0370. The highest BCUT2D eigenvalue weighted by Gasteiger charge is 2.09. The molecule has 138 valence electrons. The van der Waals surface area contributed by atoms with Crippen LogP contribution in [0.2, 0.25) is 0 Å². The minimum absolute atomic E-state index is 0.0370. The molecule has 3 aromatic rings. The molecule has 2 N–H and O–H groups in total. The van der Waals surface area contributed by atoms with Crippen LogP contribution in [0, 0.1) is 0 Å². The minimum Gasteiger partial charge on any atom is -0.349 e. The Morgan fingerprint density at radius 1 is 1.27 bits per heavy atom. The van der Waals surface area contributed by atoms with Crippen LogP contribution in [0.3, 0.4) is 0 Å². The summed E-state index contributed by atoms with van der Waals surface area (Å²) in [6.45, 7) is 2.07. The average Bonchev–Trinajstić information content (AvgIpc) is 3.21. The molecule has 0 atom stereocenters. The summed E-state index contributed by atoms with van der Waals surface area (Å²) in [5, 5.41) is 6.83. The highest BCUT2D eigenvalue weighted by Crippen LogP contribution is 2.20. The molecule has 0 bridgehead atoms. The summed E-state index contributed by atoms with van der Waals surface area (Å²) in [7, 11) is 3.85. The highest BCUT2D eigenvalue weighted by atomic mass is 16.5. The van der Waals surface area contributed by atoms with Crippen molar-refractivity contribution in [3.05, 3.63) is 29.9 Å². The van der Waals surface area contributed by atoms with Crippen LogP contribution in [0.25, 0.3) is 11.0 Å². The van der Waals surface area contributed by atoms with E-state index >= 15 is 0 Å². The Hall–Kier alpha value is -2.90. The van der Waals surface area contributed by atoms with Gasteiger partial charge in [-0.3, -0.25) is 4.79 Å². The third-order valence-electron chi connectivity index (χ3n) is 3.95. The van der Waals surface area contributed by atoms with Crippen LogP contribution in [-0.2, 0) is 17.6 Å². The standard InChI is InChI=1S/C18H24N6O2/c1-4-6-15-22-17(26-23-15)8-5-7-16(25)19-12-9-10-13-14(11-12)21-18(20-13)24(2)3/h9-11H,4-8H2,1-3H3,(H,19,25)(H,20,21). The number of nitrogens with zero attached hydrogens (tertiary/aromatic N) is 4. The Balaban J connectivity index is 1.51. The Labute approximate surface area is 152 Å². The molecule has 3 rings (SSSR count). The third kappa shape index (κ3) is 4.38. The third-order valence-corrected chi connectivity index (χ3v) is 3.95. The second-order valence-corrected chi connectivity index (χ2v) is 6.44. The van der Waals surface area contributed by atoms with Crippen molar-refractivity contribution in [2.45, 2.75) is 39.0 Å². The Bertz CT molecular complexity index is 883. The largest absolute Gasteiger partial charge is 0.349 e. The normalized spacial score (nSPS) is 11.0. The van der Waals surface area contributed by atoms with E-state index in [9.17, 15) is 4.79 Å². The molecule has 0 aliphatic heterocycles. The molecule has 2 heterocycles. The fourth-order valence-electron chi connectivity index (χ4n) is 2.63. The smallest absolute Gasteiger partial charge is 0.226 e. The van der Waals surface area contributed by atoms with E-state index in [-0.39, 0.29) is 5.91 Å². The van der Waals surface area contributed by atoms with E-state index in [1.54, 1.807) is 0 Å². The lowest BCUT2D eigenvalue weighted by molar-refractivity contribution is -0.116. The van der Waals surface area contributed by atoms with Gasteiger partial charge in [-0.2, -0.15) is 4.98 Å². The molecule has 0 aliphatic rings. The van der Waals surface area contributed by atoms with E-state index in [1.165, 1.54) is 0 Å². The molecule has 0 saturated heterocycles. The lowest BCUT2D eigenvalue weighted by Gasteiger charge is -2.05. The number of aromatic nitrogens is 4. The quantitative estimate of drug-likeness (QED) is 0.644. The number of hydrogen-bond acceptors (Lipinski definition) is 6. The van der Waals surface area contributed by atoms with Gasteiger partial charge in [-0.05, 0) is 31.0 Å². The molecule has 0 spiro atoms. The number of amides is 1. The summed E-state index contributed by atoms with van der Waals surface area (Å²) in [5.41, 5.74) is 2.51. The Kier molecular flexibility index (Phi) is 5.50. The first-order valence-electron chi connectivity index (χ1n) is 8.83. The predicted molar refractivity (Wildman–Crippen MR) is 100 cm³/mol. The number of hydrogen-bond donors (Lipinski definition) is 2. The molecular formula is C18H24N6O2. The Morgan fingerprint density at radius 3 is 2.88 bits per heavy atom. The molecule has 8 nitrogen and oxygen atoms in total. The van der Waals surface area contributed by atoms with Gasteiger partial charge in [0.25, 0.3) is 0 Å². The van der Waals surface area contributed by atoms with Crippen molar-refractivity contribution >= 4 is 28.6 Å². The fraction of sp³-hybridized carbons (Fsp3) is 0.444. The number of carbonyl (C=O) groups is 1. The van der Waals surface area contributed by atoms with Gasteiger partial charge < -0.3 is 19.7 Å². The number of nitrogens with one attached hydrogen (secondary N) is 2. The van der Waals surface area contributed by atoms with Gasteiger partial charge in [0.05, 0.1) is 11.0 Å². The molecule has 26 heavy (non-hydrogen) atoms. The molecule has 0 fully saturated rings. The van der Waals surface area contributed by atoms with E-state index in [4.69, 9.17) is 4.52 Å². The molecule has 2 aromatic heterocycles. The number of aryl methyl sites for hydroxylation is 2. The zero-order valence-corrected chi connectivity index (χ0v) is 15.4. The van der Waals surface area contributed by atoms with Crippen LogP contribution in [0.1, 0.15) is 37.9 Å². The van der Waals surface area contributed by atoms with Crippen molar-refractivity contribution in [3.63, 3.8) is 0 Å². The van der Waals surface area contributed by atoms with Crippen molar-refractivity contribution in [2.24, 2.45) is 0 Å². The van der Waals surface area contributed by atoms with E-state index in [0.29, 0.717) is 25.2 Å². The number of fused-ring (bicyclic) bond motifs is 1. The lowest BCUT2D eigenvalue weighted by atomic mass is 10.2. The molecular weight excluding hydrogens is 332 g/mol. The first-order chi connectivity index (χ1) is 12.5. The van der Waals surface area contributed by atoms with Gasteiger partial charge in [0.1, 0.15) is 0 Å². The monoisotopic (exact) mass is 356 g/mol. The molecule has 0 unspecified atom stereocenters. The maximum absolute atomic E-state index is 12.1. The molecule has 0 radical (unpaired) electrons. The fourth-order valence-corrected chi connectivity index (χ4v) is 2.63. The second kappa shape index (κ2) is 7.99. The maximum Gasteiger partial charge on any atom is 0.226 e. The molecule has 8 heteroatoms. The first kappa shape index (κ1) is 17.9. The zero-order chi connectivity index (χ0) is 18.5. The van der Waals surface area contributed by atoms with Crippen LogP contribution in [-0.4, -0.2) is 40.1 Å². The lowest BCUT2D eigenvalue weighted by Crippen LogP contribution is -2.11. The second-order valence-electron chi connectivity index (χ2n) is 6.44. The van der Waals surface area contributed by atoms with E-state index in [0.717, 1.165) is 41.3 Å². The Morgan fingerprint density at radius 2 is 2.12 bits per heavy atom. The van der Waals surface area contributed by atoms with Crippen molar-refractivity contribution in [1.82, 2.24) is 20.1 Å². The summed E-state index contributed by atoms with van der Waals surface area (Å²) in [4.78, 5) is 26.0. The number of rotatable bonds is 8. The first-order valence-corrected chi connectivity index (χ1v) is 8.83. The summed E-state index contributed by atoms with van der Waals surface area (Å²) in [6.07, 6.45) is 3.47. The van der Waals surface area contributed by atoms with E-state index in [2.05, 4.69) is 32.3 Å². The van der Waals surface area contributed by atoms with E-state index < -0.39 is 0 Å². The van der Waals surface area contributed by atoms with Crippen LogP contribution in [0.4, 0.5) is 11.6 Å². The van der Waals surface area contributed by atoms with Gasteiger partial charge in [0.2, 0.25) is 17.7 Å². The van der Waals surface area contributed by atoms with Crippen molar-refractivity contribution in [3.8, 4) is 0 Å². The average molecular weight is 356 g/mol. The van der Waals surface area contributed by atoms with Crippen molar-refractivity contribution < 1.29 is 9.32 Å². The summed E-state index contributed by atoms with van der Waals surface area (Å²) in [6, 6.07) is 5.64. The number of imidazole rings is 1. The van der Waals surface area contributed by atoms with Gasteiger partial charge in [0.15, 0.2) is 5.82 Å². The molecule has 0 saturated carbocycles. The van der Waals surface area contributed by atoms with Gasteiger partial charge in [-0.1, -0.05) is 12.1 Å². The molecule has 1 amide bonds. The number of anilines is 2. The number of carbonyl (C=O) groups excluding carboxylic acids is 1. The topological polar surface area (TPSA) is 99.9 Å². The molecule has 1 aromatic carbocycles. The zero-order valence-electron chi connectivity index (χ0n) is 15.4. The number of H-pyrrole nitrogens is 1. The summed E-state index contributed by atoms with van der Waals surface area (Å²) in [5.74, 6) is 2.07. The van der Waals surface area contributed by atoms with Gasteiger partial charge in [0, 0.05) is 39.0 Å². The van der Waals surface area contributed by atoms with Crippen LogP contribution >= 0.6 is 0 Å². The van der Waals surface area contributed by atoms with E-state index in [1.807, 2.05) is 37.2 Å². The maximum atomic E-state index is 12.1. The van der Waals surface area contributed by atoms with Gasteiger partial charge in [-0.25, -0.2) is 4.98 Å². The SMILES string of the molecule is CCCc1noc(CCCC(=O)Nc2ccc3nc(N(C)C)[nH]c3c2)n1. The van der Waals surface area contributed by atoms with Crippen LogP contribution in [0.15, 0.2) is 22.7 Å². The predicted octanol–water partition coefficient (Wildman–Crippen LogP) is 2.93. The van der Waals surface area contributed by atoms with Crippen molar-refractivity contribution in [2.75, 3.05) is 24.3 Å². The summed E-state index contributed by atoms with van der Waals surface area (Å²) >= 11 is 0. The van der Waals surface area contributed by atoms with Crippen molar-refractivity contribution in [1.29, 1.82) is 0 Å². The van der Waals surface area contributed by atoms with Crippen LogP contribution < -0.4 is 10.2 Å². The highest BCUT2D eigenvalue weighted by molar-refractivity contribution is 5.93.